The topological polar surface area (TPSA) is 114 Å². The Kier molecular flexibility index (Phi) is 5.73. The molecule has 2 heterocycles. The van der Waals surface area contributed by atoms with Crippen molar-refractivity contribution in [3.8, 4) is 17.1 Å². The molecule has 1 aliphatic rings. The average Bonchev–Trinajstić information content (AvgIpc) is 3.15. The summed E-state index contributed by atoms with van der Waals surface area (Å²) < 4.78 is 36.5. The molecule has 8 nitrogen and oxygen atoms in total. The molecule has 0 bridgehead atoms. The lowest BCUT2D eigenvalue weighted by atomic mass is 9.91. The summed E-state index contributed by atoms with van der Waals surface area (Å²) in [6.07, 6.45) is 0.527. The fraction of sp³-hybridized carbons (Fsp3) is 0.389. The molecule has 1 aliphatic heterocycles. The molecule has 0 atom stereocenters. The largest absolute Gasteiger partial charge is 0.497 e. The minimum Gasteiger partial charge on any atom is -0.497 e. The number of ether oxygens (including phenoxy) is 1. The van der Waals surface area contributed by atoms with Crippen molar-refractivity contribution < 1.29 is 27.9 Å². The van der Waals surface area contributed by atoms with Crippen molar-refractivity contribution in [1.82, 2.24) is 16.0 Å². The van der Waals surface area contributed by atoms with E-state index in [-0.39, 0.29) is 42.2 Å². The Morgan fingerprint density at radius 2 is 2.14 bits per heavy atom. The summed E-state index contributed by atoms with van der Waals surface area (Å²) >= 11 is 0. The van der Waals surface area contributed by atoms with Crippen LogP contribution in [0.25, 0.3) is 11.3 Å². The van der Waals surface area contributed by atoms with Gasteiger partial charge in [-0.05, 0) is 40.4 Å². The van der Waals surface area contributed by atoms with E-state index in [1.807, 2.05) is 0 Å². The highest BCUT2D eigenvalue weighted by Gasteiger charge is 2.41. The molecule has 3 N–H and O–H groups in total. The number of methoxy groups -OCH3 is 1. The highest BCUT2D eigenvalue weighted by atomic mass is 32.2. The number of amides is 1. The van der Waals surface area contributed by atoms with E-state index in [9.17, 15) is 13.4 Å². The number of aromatic nitrogens is 1. The van der Waals surface area contributed by atoms with Crippen molar-refractivity contribution in [2.45, 2.75) is 24.9 Å². The number of benzene rings is 1. The van der Waals surface area contributed by atoms with Gasteiger partial charge in [0.2, 0.25) is 0 Å². The molecular weight excluding hydrogens is 389 g/mol. The van der Waals surface area contributed by atoms with Crippen LogP contribution in [0.3, 0.4) is 0 Å². The lowest BCUT2D eigenvalue weighted by Crippen LogP contribution is -2.59. The molecule has 1 aromatic carbocycles. The van der Waals surface area contributed by atoms with Gasteiger partial charge >= 0.3 is 0 Å². The third-order valence-electron chi connectivity index (χ3n) is 4.95. The molecule has 3 rings (SSSR count). The Balaban J connectivity index is 1.74. The van der Waals surface area contributed by atoms with Crippen LogP contribution in [0.15, 0.2) is 28.8 Å². The van der Waals surface area contributed by atoms with Crippen LogP contribution in [0.5, 0.6) is 5.75 Å². The van der Waals surface area contributed by atoms with Gasteiger partial charge in [-0.2, -0.15) is 0 Å². The van der Waals surface area contributed by atoms with Crippen LogP contribution in [-0.2, 0) is 20.9 Å². The van der Waals surface area contributed by atoms with Gasteiger partial charge in [0.25, 0.3) is 5.91 Å². The molecule has 0 aliphatic carbocycles. The van der Waals surface area contributed by atoms with Gasteiger partial charge in [-0.15, -0.1) is 0 Å². The van der Waals surface area contributed by atoms with Gasteiger partial charge in [0.1, 0.15) is 17.1 Å². The SMILES string of the molecule is C=S1(=O)CCC(NCc2cc(-c3ccc(OC)cc3F)on2)(C(=O)NO)CC1. The van der Waals surface area contributed by atoms with Crippen LogP contribution in [0.1, 0.15) is 18.5 Å². The number of hydrogen-bond acceptors (Lipinski definition) is 7. The zero-order valence-corrected chi connectivity index (χ0v) is 16.2. The highest BCUT2D eigenvalue weighted by Crippen LogP contribution is 2.28. The number of hydrogen-bond donors (Lipinski definition) is 3. The van der Waals surface area contributed by atoms with E-state index in [4.69, 9.17) is 14.5 Å². The van der Waals surface area contributed by atoms with Crippen LogP contribution < -0.4 is 15.5 Å². The monoisotopic (exact) mass is 411 g/mol. The molecular formula is C18H22FN3O5S. The Hall–Kier alpha value is -2.43. The maximum atomic E-state index is 14.2. The Morgan fingerprint density at radius 3 is 2.75 bits per heavy atom. The Labute approximate surface area is 162 Å². The van der Waals surface area contributed by atoms with Crippen molar-refractivity contribution >= 4 is 21.3 Å². The molecule has 28 heavy (non-hydrogen) atoms. The number of halogens is 1. The second kappa shape index (κ2) is 7.90. The minimum atomic E-state index is -2.21. The fourth-order valence-electron chi connectivity index (χ4n) is 3.14. The van der Waals surface area contributed by atoms with Gasteiger partial charge in [0.05, 0.1) is 18.4 Å². The normalized spacial score (nSPS) is 24.7. The van der Waals surface area contributed by atoms with E-state index in [1.54, 1.807) is 17.6 Å². The van der Waals surface area contributed by atoms with Crippen LogP contribution in [-0.4, -0.2) is 50.5 Å². The standard InChI is InChI=1S/C18H22FN3O5S/c1-26-13-3-4-14(15(19)10-13)16-9-12(22-27-16)11-20-18(17(23)21-24)5-7-28(2,25)8-6-18/h3-4,9-10,20,24H,2,5-8,11H2,1H3,(H,21,23). The first-order valence-corrected chi connectivity index (χ1v) is 10.7. The number of carbonyl (C=O) groups excluding carboxylic acids is 1. The number of hydroxylamine groups is 1. The summed E-state index contributed by atoms with van der Waals surface area (Å²) in [7, 11) is -0.761. The van der Waals surface area contributed by atoms with E-state index >= 15 is 0 Å². The van der Waals surface area contributed by atoms with Gasteiger partial charge in [-0.3, -0.25) is 19.5 Å². The van der Waals surface area contributed by atoms with Gasteiger partial charge < -0.3 is 9.26 Å². The Bertz CT molecular complexity index is 959. The smallest absolute Gasteiger partial charge is 0.263 e. The summed E-state index contributed by atoms with van der Waals surface area (Å²) in [4.78, 5) is 12.2. The molecule has 1 fully saturated rings. The number of nitrogens with one attached hydrogen (secondary N) is 2. The molecule has 10 heteroatoms. The molecule has 0 spiro atoms. The van der Waals surface area contributed by atoms with Crippen LogP contribution in [0.4, 0.5) is 4.39 Å². The van der Waals surface area contributed by atoms with Gasteiger partial charge in [0, 0.05) is 30.2 Å². The summed E-state index contributed by atoms with van der Waals surface area (Å²) in [5, 5.41) is 16.1. The van der Waals surface area contributed by atoms with Crippen molar-refractivity contribution in [1.29, 1.82) is 0 Å². The van der Waals surface area contributed by atoms with Crippen molar-refractivity contribution in [3.63, 3.8) is 0 Å². The minimum absolute atomic E-state index is 0.146. The molecule has 1 aromatic heterocycles. The zero-order chi connectivity index (χ0) is 20.4. The lowest BCUT2D eigenvalue weighted by Gasteiger charge is -2.36. The van der Waals surface area contributed by atoms with E-state index in [1.165, 1.54) is 19.2 Å². The van der Waals surface area contributed by atoms with Crippen LogP contribution in [0, 0.1) is 5.82 Å². The molecule has 0 saturated carbocycles. The van der Waals surface area contributed by atoms with E-state index < -0.39 is 26.8 Å². The fourth-order valence-corrected chi connectivity index (χ4v) is 4.79. The summed E-state index contributed by atoms with van der Waals surface area (Å²) in [5.41, 5.74) is 1.27. The van der Waals surface area contributed by atoms with Crippen molar-refractivity contribution in [2.75, 3.05) is 18.6 Å². The molecule has 2 aromatic rings. The second-order valence-corrected chi connectivity index (χ2v) is 9.53. The average molecular weight is 411 g/mol. The highest BCUT2D eigenvalue weighted by molar-refractivity contribution is 8.00. The number of carbonyl (C=O) groups is 1. The van der Waals surface area contributed by atoms with Crippen molar-refractivity contribution in [3.05, 3.63) is 35.8 Å². The van der Waals surface area contributed by atoms with Gasteiger partial charge in [0.15, 0.2) is 5.76 Å². The predicted molar refractivity (Wildman–Crippen MR) is 102 cm³/mol. The molecule has 152 valence electrons. The quantitative estimate of drug-likeness (QED) is 0.373. The summed E-state index contributed by atoms with van der Waals surface area (Å²) in [6.45, 7) is 0.146. The number of nitrogens with zero attached hydrogens (tertiary/aromatic N) is 1. The van der Waals surface area contributed by atoms with Crippen molar-refractivity contribution in [2.24, 2.45) is 0 Å². The second-order valence-electron chi connectivity index (χ2n) is 6.78. The first kappa shape index (κ1) is 20.3. The number of rotatable bonds is 6. The van der Waals surface area contributed by atoms with Crippen LogP contribution >= 0.6 is 0 Å². The Morgan fingerprint density at radius 1 is 1.43 bits per heavy atom. The molecule has 1 saturated heterocycles. The van der Waals surface area contributed by atoms with Crippen LogP contribution in [0.2, 0.25) is 0 Å². The van der Waals surface area contributed by atoms with E-state index in [0.29, 0.717) is 11.4 Å². The maximum absolute atomic E-state index is 14.2. The summed E-state index contributed by atoms with van der Waals surface area (Å²) in [5.74, 6) is 3.75. The maximum Gasteiger partial charge on any atom is 0.263 e. The first-order valence-electron chi connectivity index (χ1n) is 8.60. The molecule has 1 amide bonds. The molecule has 0 radical (unpaired) electrons. The third-order valence-corrected chi connectivity index (χ3v) is 6.84. The van der Waals surface area contributed by atoms with E-state index in [0.717, 1.165) is 0 Å². The predicted octanol–water partition coefficient (Wildman–Crippen LogP) is 1.33. The zero-order valence-electron chi connectivity index (χ0n) is 15.4. The summed E-state index contributed by atoms with van der Waals surface area (Å²) in [6, 6.07) is 5.95. The molecule has 0 unspecified atom stereocenters. The first-order chi connectivity index (χ1) is 13.3. The third kappa shape index (κ3) is 4.18. The van der Waals surface area contributed by atoms with E-state index in [2.05, 4.69) is 16.3 Å². The van der Waals surface area contributed by atoms with Gasteiger partial charge in [-0.1, -0.05) is 5.16 Å². The van der Waals surface area contributed by atoms with Gasteiger partial charge in [-0.25, -0.2) is 9.87 Å². The lowest BCUT2D eigenvalue weighted by molar-refractivity contribution is -0.136.